The summed E-state index contributed by atoms with van der Waals surface area (Å²) < 4.78 is 12.8. The van der Waals surface area contributed by atoms with Gasteiger partial charge in [-0.2, -0.15) is 5.10 Å². The van der Waals surface area contributed by atoms with Gasteiger partial charge in [0.15, 0.2) is 5.79 Å². The van der Waals surface area contributed by atoms with Crippen LogP contribution < -0.4 is 5.32 Å². The molecule has 19 heavy (non-hydrogen) atoms. The number of nitrogens with one attached hydrogen (secondary N) is 1. The molecule has 1 aromatic heterocycles. The highest BCUT2D eigenvalue weighted by molar-refractivity contribution is 5.96. The Bertz CT molecular complexity index is 494. The predicted octanol–water partition coefficient (Wildman–Crippen LogP) is 0.918. The first-order valence-electron chi connectivity index (χ1n) is 6.40. The van der Waals surface area contributed by atoms with Crippen molar-refractivity contribution in [2.45, 2.75) is 39.6 Å². The van der Waals surface area contributed by atoms with Crippen molar-refractivity contribution in [1.82, 2.24) is 15.1 Å². The molecule has 6 nitrogen and oxygen atoms in total. The van der Waals surface area contributed by atoms with Gasteiger partial charge in [-0.05, 0) is 27.7 Å². The molecule has 0 aromatic carbocycles. The fourth-order valence-electron chi connectivity index (χ4n) is 2.26. The van der Waals surface area contributed by atoms with Crippen molar-refractivity contribution in [3.05, 3.63) is 17.0 Å². The molecule has 2 rings (SSSR count). The lowest BCUT2D eigenvalue weighted by atomic mass is 10.2. The van der Waals surface area contributed by atoms with Crippen molar-refractivity contribution >= 4 is 5.91 Å². The Morgan fingerprint density at radius 1 is 1.53 bits per heavy atom. The summed E-state index contributed by atoms with van der Waals surface area (Å²) in [5, 5.41) is 7.11. The summed E-state index contributed by atoms with van der Waals surface area (Å²) in [5.74, 6) is -0.674. The van der Waals surface area contributed by atoms with Crippen LogP contribution in [0.15, 0.2) is 0 Å². The van der Waals surface area contributed by atoms with E-state index in [0.29, 0.717) is 18.7 Å². The van der Waals surface area contributed by atoms with Crippen molar-refractivity contribution in [3.63, 3.8) is 0 Å². The average molecular weight is 267 g/mol. The maximum absolute atomic E-state index is 12.2. The van der Waals surface area contributed by atoms with Crippen molar-refractivity contribution in [1.29, 1.82) is 0 Å². The van der Waals surface area contributed by atoms with Gasteiger partial charge in [0.25, 0.3) is 5.91 Å². The van der Waals surface area contributed by atoms with Gasteiger partial charge in [-0.25, -0.2) is 0 Å². The van der Waals surface area contributed by atoms with E-state index in [-0.39, 0.29) is 12.0 Å². The molecular weight excluding hydrogens is 246 g/mol. The second-order valence-electron chi connectivity index (χ2n) is 5.33. The van der Waals surface area contributed by atoms with Gasteiger partial charge in [-0.3, -0.25) is 9.48 Å². The van der Waals surface area contributed by atoms with E-state index in [0.717, 1.165) is 11.4 Å². The number of amides is 1. The number of nitrogens with zero attached hydrogens (tertiary/aromatic N) is 2. The minimum absolute atomic E-state index is 0.101. The number of hydrogen-bond donors (Lipinski definition) is 1. The zero-order valence-electron chi connectivity index (χ0n) is 12.1. The van der Waals surface area contributed by atoms with Gasteiger partial charge in [-0.15, -0.1) is 0 Å². The Balaban J connectivity index is 1.95. The monoisotopic (exact) mass is 267 g/mol. The van der Waals surface area contributed by atoms with Crippen LogP contribution in [-0.4, -0.2) is 40.7 Å². The van der Waals surface area contributed by atoms with Gasteiger partial charge in [0.1, 0.15) is 6.10 Å². The highest BCUT2D eigenvalue weighted by Gasteiger charge is 2.32. The van der Waals surface area contributed by atoms with Crippen molar-refractivity contribution in [2.24, 2.45) is 7.05 Å². The summed E-state index contributed by atoms with van der Waals surface area (Å²) >= 11 is 0. The number of carbonyl (C=O) groups is 1. The van der Waals surface area contributed by atoms with Gasteiger partial charge < -0.3 is 14.8 Å². The molecule has 0 bridgehead atoms. The fraction of sp³-hybridized carbons (Fsp3) is 0.692. The van der Waals surface area contributed by atoms with Crippen LogP contribution in [0, 0.1) is 13.8 Å². The van der Waals surface area contributed by atoms with Gasteiger partial charge in [0.2, 0.25) is 0 Å². The Labute approximate surface area is 113 Å². The molecule has 0 radical (unpaired) electrons. The van der Waals surface area contributed by atoms with Gasteiger partial charge >= 0.3 is 0 Å². The molecule has 2 heterocycles. The smallest absolute Gasteiger partial charge is 0.255 e. The zero-order chi connectivity index (χ0) is 14.2. The molecular formula is C13H21N3O3. The Kier molecular flexibility index (Phi) is 3.64. The first kappa shape index (κ1) is 14.0. The molecule has 6 heteroatoms. The standard InChI is InChI=1S/C13H21N3O3/c1-8-11(9(2)16(5)15-8)12(17)14-6-10-7-18-13(3,4)19-10/h10H,6-7H2,1-5H3,(H,14,17). The normalized spacial score (nSPS) is 21.6. The molecule has 1 aliphatic rings. The predicted molar refractivity (Wildman–Crippen MR) is 69.9 cm³/mol. The van der Waals surface area contributed by atoms with Crippen molar-refractivity contribution < 1.29 is 14.3 Å². The van der Waals surface area contributed by atoms with Crippen LogP contribution in [0.5, 0.6) is 0 Å². The van der Waals surface area contributed by atoms with E-state index < -0.39 is 5.79 Å². The maximum Gasteiger partial charge on any atom is 0.255 e. The maximum atomic E-state index is 12.2. The number of aryl methyl sites for hydroxylation is 2. The first-order valence-corrected chi connectivity index (χ1v) is 6.40. The molecule has 0 spiro atoms. The molecule has 1 fully saturated rings. The van der Waals surface area contributed by atoms with Gasteiger partial charge in [-0.1, -0.05) is 0 Å². The van der Waals surface area contributed by atoms with E-state index in [1.54, 1.807) is 4.68 Å². The summed E-state index contributed by atoms with van der Waals surface area (Å²) in [6.07, 6.45) is -0.101. The molecule has 0 saturated carbocycles. The lowest BCUT2D eigenvalue weighted by molar-refractivity contribution is -0.137. The van der Waals surface area contributed by atoms with Crippen LogP contribution in [-0.2, 0) is 16.5 Å². The van der Waals surface area contributed by atoms with E-state index >= 15 is 0 Å². The molecule has 1 atom stereocenters. The van der Waals surface area contributed by atoms with Crippen LogP contribution >= 0.6 is 0 Å². The SMILES string of the molecule is Cc1nn(C)c(C)c1C(=O)NCC1COC(C)(C)O1. The number of rotatable bonds is 3. The average Bonchev–Trinajstić information content (AvgIpc) is 2.77. The van der Waals surface area contributed by atoms with E-state index in [1.165, 1.54) is 0 Å². The van der Waals surface area contributed by atoms with Crippen LogP contribution in [0.3, 0.4) is 0 Å². The third-order valence-corrected chi connectivity index (χ3v) is 3.29. The zero-order valence-corrected chi connectivity index (χ0v) is 12.1. The lowest BCUT2D eigenvalue weighted by Crippen LogP contribution is -2.34. The second-order valence-corrected chi connectivity index (χ2v) is 5.33. The van der Waals surface area contributed by atoms with Crippen LogP contribution in [0.2, 0.25) is 0 Å². The first-order chi connectivity index (χ1) is 8.80. The quantitative estimate of drug-likeness (QED) is 0.884. The van der Waals surface area contributed by atoms with Gasteiger partial charge in [0, 0.05) is 19.3 Å². The van der Waals surface area contributed by atoms with E-state index in [1.807, 2.05) is 34.7 Å². The third-order valence-electron chi connectivity index (χ3n) is 3.29. The molecule has 1 aliphatic heterocycles. The largest absolute Gasteiger partial charge is 0.349 e. The second kappa shape index (κ2) is 4.94. The summed E-state index contributed by atoms with van der Waals surface area (Å²) in [7, 11) is 1.83. The molecule has 1 saturated heterocycles. The lowest BCUT2D eigenvalue weighted by Gasteiger charge is -2.17. The minimum atomic E-state index is -0.560. The highest BCUT2D eigenvalue weighted by atomic mass is 16.7. The Morgan fingerprint density at radius 3 is 2.68 bits per heavy atom. The molecule has 0 aliphatic carbocycles. The van der Waals surface area contributed by atoms with Crippen LogP contribution in [0.1, 0.15) is 35.6 Å². The topological polar surface area (TPSA) is 65.4 Å². The summed E-state index contributed by atoms with van der Waals surface area (Å²) in [5.41, 5.74) is 2.24. The van der Waals surface area contributed by atoms with Crippen molar-refractivity contribution in [2.75, 3.05) is 13.2 Å². The third kappa shape index (κ3) is 2.96. The molecule has 1 N–H and O–H groups in total. The minimum Gasteiger partial charge on any atom is -0.349 e. The number of aromatic nitrogens is 2. The summed E-state index contributed by atoms with van der Waals surface area (Å²) in [6, 6.07) is 0. The van der Waals surface area contributed by atoms with Crippen LogP contribution in [0.25, 0.3) is 0 Å². The van der Waals surface area contributed by atoms with Crippen LogP contribution in [0.4, 0.5) is 0 Å². The molecule has 106 valence electrons. The van der Waals surface area contributed by atoms with Crippen molar-refractivity contribution in [3.8, 4) is 0 Å². The summed E-state index contributed by atoms with van der Waals surface area (Å²) in [6.45, 7) is 8.39. The van der Waals surface area contributed by atoms with Gasteiger partial charge in [0.05, 0.1) is 17.9 Å². The van der Waals surface area contributed by atoms with E-state index in [2.05, 4.69) is 10.4 Å². The Morgan fingerprint density at radius 2 is 2.21 bits per heavy atom. The Hall–Kier alpha value is -1.40. The summed E-state index contributed by atoms with van der Waals surface area (Å²) in [4.78, 5) is 12.2. The fourth-order valence-corrected chi connectivity index (χ4v) is 2.26. The van der Waals surface area contributed by atoms with E-state index in [4.69, 9.17) is 9.47 Å². The number of hydrogen-bond acceptors (Lipinski definition) is 4. The molecule has 1 aromatic rings. The van der Waals surface area contributed by atoms with E-state index in [9.17, 15) is 4.79 Å². The molecule has 1 amide bonds. The number of carbonyl (C=O) groups excluding carboxylic acids is 1. The number of ether oxygens (including phenoxy) is 2. The molecule has 1 unspecified atom stereocenters. The highest BCUT2D eigenvalue weighted by Crippen LogP contribution is 2.21.